The van der Waals surface area contributed by atoms with Crippen LogP contribution in [0.25, 0.3) is 0 Å². The number of benzene rings is 1. The van der Waals surface area contributed by atoms with E-state index in [1.807, 2.05) is 18.2 Å². The number of nitrogens with one attached hydrogen (secondary N) is 2. The lowest BCUT2D eigenvalue weighted by molar-refractivity contribution is -0.0704. The molecule has 0 unspecified atom stereocenters. The normalized spacial score (nSPS) is 27.8. The van der Waals surface area contributed by atoms with E-state index in [9.17, 15) is 4.79 Å². The molecule has 1 spiro atoms. The molecule has 0 saturated carbocycles. The molecule has 0 radical (unpaired) electrons. The molecule has 1 saturated heterocycles. The van der Waals surface area contributed by atoms with Crippen LogP contribution in [0.5, 0.6) is 0 Å². The van der Waals surface area contributed by atoms with E-state index in [4.69, 9.17) is 16.3 Å². The number of carbonyl (C=O) groups excluding carboxylic acids is 1. The highest BCUT2D eigenvalue weighted by Gasteiger charge is 2.43. The molecule has 27 heavy (non-hydrogen) atoms. The molecule has 3 atom stereocenters. The molecule has 1 amide bonds. The maximum atomic E-state index is 12.0. The average Bonchev–Trinajstić information content (AvgIpc) is 2.97. The van der Waals surface area contributed by atoms with Gasteiger partial charge in [-0.3, -0.25) is 4.79 Å². The number of hydrogen-bond acceptors (Lipinski definition) is 4. The maximum Gasteiger partial charge on any atom is 0.251 e. The Bertz CT molecular complexity index is 852. The zero-order valence-electron chi connectivity index (χ0n) is 15.7. The highest BCUT2D eigenvalue weighted by molar-refractivity contribution is 7.16. The summed E-state index contributed by atoms with van der Waals surface area (Å²) in [6.45, 7) is 2.97. The standard InChI is InChI=1S/C21H25ClN2O2S/c1-13-12-21(19-15(7-9-26-21)11-18(22)27-19)8-6-17(24-13)14-4-3-5-16(10-14)20(25)23-2/h3-5,10-11,13,17,24H,6-9,12H2,1-2H3,(H,23,25)/t13-,17-,21+/m0/s1. The van der Waals surface area contributed by atoms with E-state index in [0.29, 0.717) is 11.6 Å². The van der Waals surface area contributed by atoms with E-state index in [2.05, 4.69) is 29.7 Å². The van der Waals surface area contributed by atoms with Gasteiger partial charge in [-0.15, -0.1) is 11.3 Å². The number of carbonyl (C=O) groups is 1. The molecule has 3 heterocycles. The Labute approximate surface area is 169 Å². The molecule has 2 N–H and O–H groups in total. The van der Waals surface area contributed by atoms with Crippen molar-refractivity contribution in [2.75, 3.05) is 13.7 Å². The van der Waals surface area contributed by atoms with Crippen LogP contribution in [0.2, 0.25) is 4.34 Å². The molecule has 4 nitrogen and oxygen atoms in total. The first-order valence-corrected chi connectivity index (χ1v) is 10.7. The minimum absolute atomic E-state index is 0.0523. The van der Waals surface area contributed by atoms with Crippen LogP contribution in [0.15, 0.2) is 30.3 Å². The van der Waals surface area contributed by atoms with E-state index in [0.717, 1.165) is 42.2 Å². The summed E-state index contributed by atoms with van der Waals surface area (Å²) >= 11 is 8.00. The molecule has 6 heteroatoms. The summed E-state index contributed by atoms with van der Waals surface area (Å²) in [7, 11) is 1.66. The van der Waals surface area contributed by atoms with Gasteiger partial charge in [0.1, 0.15) is 5.60 Å². The lowest BCUT2D eigenvalue weighted by Crippen LogP contribution is -2.38. The van der Waals surface area contributed by atoms with Crippen LogP contribution in [0.4, 0.5) is 0 Å². The van der Waals surface area contributed by atoms with Gasteiger partial charge >= 0.3 is 0 Å². The van der Waals surface area contributed by atoms with Crippen molar-refractivity contribution >= 4 is 28.8 Å². The first-order chi connectivity index (χ1) is 13.0. The molecule has 1 aromatic heterocycles. The number of halogens is 1. The number of fused-ring (bicyclic) bond motifs is 2. The fourth-order valence-electron chi connectivity index (χ4n) is 4.49. The van der Waals surface area contributed by atoms with Gasteiger partial charge in [0.25, 0.3) is 5.91 Å². The Balaban J connectivity index is 1.62. The van der Waals surface area contributed by atoms with Crippen LogP contribution < -0.4 is 10.6 Å². The molecule has 4 rings (SSSR count). The Hall–Kier alpha value is -1.40. The van der Waals surface area contributed by atoms with Crippen LogP contribution >= 0.6 is 22.9 Å². The summed E-state index contributed by atoms with van der Waals surface area (Å²) in [6.07, 6.45) is 3.78. The number of thiophene rings is 1. The third-order valence-electron chi connectivity index (χ3n) is 5.68. The first kappa shape index (κ1) is 18.9. The van der Waals surface area contributed by atoms with Crippen molar-refractivity contribution in [1.29, 1.82) is 0 Å². The number of ether oxygens (including phenoxy) is 1. The van der Waals surface area contributed by atoms with Crippen LogP contribution in [-0.4, -0.2) is 25.6 Å². The Morgan fingerprint density at radius 2 is 2.26 bits per heavy atom. The first-order valence-electron chi connectivity index (χ1n) is 9.51. The summed E-state index contributed by atoms with van der Waals surface area (Å²) in [4.78, 5) is 13.3. The zero-order valence-corrected chi connectivity index (χ0v) is 17.3. The largest absolute Gasteiger partial charge is 0.369 e. The molecule has 1 fully saturated rings. The van der Waals surface area contributed by atoms with Crippen molar-refractivity contribution in [2.24, 2.45) is 0 Å². The second kappa shape index (κ2) is 7.55. The van der Waals surface area contributed by atoms with Crippen molar-refractivity contribution < 1.29 is 9.53 Å². The molecule has 0 bridgehead atoms. The summed E-state index contributed by atoms with van der Waals surface area (Å²) in [5.41, 5.74) is 2.96. The Kier molecular flexibility index (Phi) is 5.30. The second-order valence-electron chi connectivity index (χ2n) is 7.57. The molecule has 2 aliphatic rings. The lowest BCUT2D eigenvalue weighted by atomic mass is 9.85. The van der Waals surface area contributed by atoms with Gasteiger partial charge in [0.2, 0.25) is 0 Å². The molecule has 2 aliphatic heterocycles. The molecule has 0 aliphatic carbocycles. The zero-order chi connectivity index (χ0) is 19.0. The fourth-order valence-corrected chi connectivity index (χ4v) is 5.97. The maximum absolute atomic E-state index is 12.0. The smallest absolute Gasteiger partial charge is 0.251 e. The van der Waals surface area contributed by atoms with E-state index in [-0.39, 0.29) is 17.6 Å². The summed E-state index contributed by atoms with van der Waals surface area (Å²) < 4.78 is 7.26. The summed E-state index contributed by atoms with van der Waals surface area (Å²) in [6, 6.07) is 10.5. The summed E-state index contributed by atoms with van der Waals surface area (Å²) in [5.74, 6) is -0.0523. The van der Waals surface area contributed by atoms with Gasteiger partial charge in [0.15, 0.2) is 0 Å². The van der Waals surface area contributed by atoms with Gasteiger partial charge in [0.05, 0.1) is 10.9 Å². The van der Waals surface area contributed by atoms with Gasteiger partial charge in [-0.25, -0.2) is 0 Å². The predicted octanol–water partition coefficient (Wildman–Crippen LogP) is 4.43. The van der Waals surface area contributed by atoms with Crippen LogP contribution in [0.1, 0.15) is 58.6 Å². The quantitative estimate of drug-likeness (QED) is 0.778. The highest BCUT2D eigenvalue weighted by atomic mass is 35.5. The van der Waals surface area contributed by atoms with Crippen LogP contribution in [0.3, 0.4) is 0 Å². The SMILES string of the molecule is CNC(=O)c1cccc([C@@H]2CC[C@]3(C[C@H](C)N2)OCCc2cc(Cl)sc23)c1. The Morgan fingerprint density at radius 1 is 1.41 bits per heavy atom. The highest BCUT2D eigenvalue weighted by Crippen LogP contribution is 2.48. The van der Waals surface area contributed by atoms with E-state index in [1.54, 1.807) is 18.4 Å². The second-order valence-corrected chi connectivity index (χ2v) is 9.25. The van der Waals surface area contributed by atoms with Crippen molar-refractivity contribution in [3.63, 3.8) is 0 Å². The van der Waals surface area contributed by atoms with E-state index >= 15 is 0 Å². The number of amides is 1. The molecule has 2 aromatic rings. The Morgan fingerprint density at radius 3 is 3.07 bits per heavy atom. The van der Waals surface area contributed by atoms with E-state index in [1.165, 1.54) is 10.4 Å². The summed E-state index contributed by atoms with van der Waals surface area (Å²) in [5, 5.41) is 6.45. The predicted molar refractivity (Wildman–Crippen MR) is 110 cm³/mol. The third kappa shape index (κ3) is 3.66. The minimum Gasteiger partial charge on any atom is -0.369 e. The monoisotopic (exact) mass is 404 g/mol. The minimum atomic E-state index is -0.245. The van der Waals surface area contributed by atoms with Crippen molar-refractivity contribution in [3.05, 3.63) is 56.2 Å². The van der Waals surface area contributed by atoms with Gasteiger partial charge in [0, 0.05) is 29.6 Å². The topological polar surface area (TPSA) is 50.4 Å². The van der Waals surface area contributed by atoms with Crippen LogP contribution in [0, 0.1) is 0 Å². The van der Waals surface area contributed by atoms with Gasteiger partial charge in [-0.1, -0.05) is 23.7 Å². The van der Waals surface area contributed by atoms with E-state index < -0.39 is 0 Å². The number of hydrogen-bond donors (Lipinski definition) is 2. The molecule has 144 valence electrons. The molecular weight excluding hydrogens is 380 g/mol. The fraction of sp³-hybridized carbons (Fsp3) is 0.476. The van der Waals surface area contributed by atoms with Crippen LogP contribution in [-0.2, 0) is 16.8 Å². The van der Waals surface area contributed by atoms with Crippen molar-refractivity contribution in [3.8, 4) is 0 Å². The van der Waals surface area contributed by atoms with Crippen molar-refractivity contribution in [2.45, 2.75) is 50.3 Å². The average molecular weight is 405 g/mol. The third-order valence-corrected chi connectivity index (χ3v) is 7.17. The molecule has 1 aromatic carbocycles. The van der Waals surface area contributed by atoms with Gasteiger partial charge < -0.3 is 15.4 Å². The van der Waals surface area contributed by atoms with Gasteiger partial charge in [-0.2, -0.15) is 0 Å². The molecular formula is C21H25ClN2O2S. The number of rotatable bonds is 2. The lowest BCUT2D eigenvalue weighted by Gasteiger charge is -2.37. The van der Waals surface area contributed by atoms with Crippen molar-refractivity contribution in [1.82, 2.24) is 10.6 Å². The van der Waals surface area contributed by atoms with Gasteiger partial charge in [-0.05, 0) is 61.9 Å².